The summed E-state index contributed by atoms with van der Waals surface area (Å²) in [6.07, 6.45) is 0. The molecule has 7 heteroatoms. The summed E-state index contributed by atoms with van der Waals surface area (Å²) in [5.74, 6) is 1.40. The highest BCUT2D eigenvalue weighted by atomic mass is 35.5. The third-order valence-corrected chi connectivity index (χ3v) is 5.17. The van der Waals surface area contributed by atoms with E-state index in [2.05, 4.69) is 20.2 Å². The number of piperazine rings is 1. The molecule has 1 amide bonds. The van der Waals surface area contributed by atoms with Gasteiger partial charge >= 0.3 is 0 Å². The quantitative estimate of drug-likeness (QED) is 0.704. The largest absolute Gasteiger partial charge is 0.340 e. The summed E-state index contributed by atoms with van der Waals surface area (Å²) in [7, 11) is 0. The second-order valence-electron chi connectivity index (χ2n) is 6.94. The normalized spacial score (nSPS) is 14.0. The maximum Gasteiger partial charge on any atom is 0.255 e. The molecule has 4 rings (SSSR count). The summed E-state index contributed by atoms with van der Waals surface area (Å²) in [5.41, 5.74) is 2.42. The van der Waals surface area contributed by atoms with Gasteiger partial charge in [0.05, 0.1) is 10.6 Å². The van der Waals surface area contributed by atoms with Crippen LogP contribution in [-0.2, 0) is 0 Å². The number of aryl methyl sites for hydroxylation is 1. The monoisotopic (exact) mass is 407 g/mol. The number of halogens is 1. The maximum atomic E-state index is 12.8. The van der Waals surface area contributed by atoms with Gasteiger partial charge in [-0.3, -0.25) is 4.79 Å². The zero-order chi connectivity index (χ0) is 20.2. The molecule has 1 fully saturated rings. The van der Waals surface area contributed by atoms with E-state index >= 15 is 0 Å². The molecule has 29 heavy (non-hydrogen) atoms. The Kier molecular flexibility index (Phi) is 5.62. The molecule has 0 radical (unpaired) electrons. The van der Waals surface area contributed by atoms with Gasteiger partial charge in [-0.25, -0.2) is 4.98 Å². The zero-order valence-electron chi connectivity index (χ0n) is 16.2. The smallest absolute Gasteiger partial charge is 0.255 e. The van der Waals surface area contributed by atoms with E-state index in [1.165, 1.54) is 0 Å². The van der Waals surface area contributed by atoms with Gasteiger partial charge in [0, 0.05) is 43.6 Å². The molecule has 0 spiro atoms. The number of carbonyl (C=O) groups excluding carboxylic acids is 1. The lowest BCUT2D eigenvalue weighted by Crippen LogP contribution is -2.49. The molecule has 2 heterocycles. The predicted octanol–water partition coefficient (Wildman–Crippen LogP) is 4.14. The molecule has 1 aliphatic heterocycles. The lowest BCUT2D eigenvalue weighted by molar-refractivity contribution is 0.0746. The van der Waals surface area contributed by atoms with E-state index in [0.29, 0.717) is 42.7 Å². The molecule has 1 saturated heterocycles. The van der Waals surface area contributed by atoms with Gasteiger partial charge in [-0.05, 0) is 31.2 Å². The van der Waals surface area contributed by atoms with Crippen molar-refractivity contribution >= 4 is 35.0 Å². The van der Waals surface area contributed by atoms with Crippen molar-refractivity contribution in [3.8, 4) is 0 Å². The van der Waals surface area contributed by atoms with E-state index in [0.717, 1.165) is 17.2 Å². The van der Waals surface area contributed by atoms with E-state index in [1.807, 2.05) is 60.4 Å². The van der Waals surface area contributed by atoms with Crippen LogP contribution in [0.25, 0.3) is 0 Å². The number of amides is 1. The molecule has 0 unspecified atom stereocenters. The molecular weight excluding hydrogens is 386 g/mol. The minimum absolute atomic E-state index is 0.0353. The fourth-order valence-electron chi connectivity index (χ4n) is 3.34. The van der Waals surface area contributed by atoms with Crippen molar-refractivity contribution in [1.29, 1.82) is 0 Å². The number of anilines is 3. The Morgan fingerprint density at radius 1 is 0.966 bits per heavy atom. The highest BCUT2D eigenvalue weighted by Gasteiger charge is 2.25. The molecule has 6 nitrogen and oxygen atoms in total. The van der Waals surface area contributed by atoms with Gasteiger partial charge in [0.2, 0.25) is 5.95 Å². The zero-order valence-corrected chi connectivity index (χ0v) is 16.9. The van der Waals surface area contributed by atoms with Gasteiger partial charge in [-0.2, -0.15) is 4.98 Å². The molecule has 148 valence electrons. The topological polar surface area (TPSA) is 61.4 Å². The van der Waals surface area contributed by atoms with Crippen molar-refractivity contribution in [2.24, 2.45) is 0 Å². The third-order valence-electron chi connectivity index (χ3n) is 4.84. The van der Waals surface area contributed by atoms with E-state index in [4.69, 9.17) is 11.6 Å². The molecule has 0 aliphatic carbocycles. The molecule has 0 saturated carbocycles. The molecule has 1 aromatic heterocycles. The fraction of sp³-hybridized carbons (Fsp3) is 0.227. The first-order chi connectivity index (χ1) is 14.1. The number of nitrogens with one attached hydrogen (secondary N) is 1. The number of benzene rings is 2. The van der Waals surface area contributed by atoms with Gasteiger partial charge in [0.15, 0.2) is 0 Å². The highest BCUT2D eigenvalue weighted by Crippen LogP contribution is 2.21. The third kappa shape index (κ3) is 4.49. The van der Waals surface area contributed by atoms with Gasteiger partial charge < -0.3 is 15.1 Å². The van der Waals surface area contributed by atoms with Gasteiger partial charge in [0.1, 0.15) is 5.82 Å². The highest BCUT2D eigenvalue weighted by molar-refractivity contribution is 6.33. The molecule has 0 atom stereocenters. The van der Waals surface area contributed by atoms with Crippen LogP contribution < -0.4 is 10.2 Å². The van der Waals surface area contributed by atoms with Gasteiger partial charge in [-0.1, -0.05) is 41.9 Å². The summed E-state index contributed by atoms with van der Waals surface area (Å²) >= 11 is 6.18. The fourth-order valence-corrected chi connectivity index (χ4v) is 3.56. The van der Waals surface area contributed by atoms with Crippen molar-refractivity contribution in [2.75, 3.05) is 36.4 Å². The molecule has 0 bridgehead atoms. The number of aromatic nitrogens is 2. The Morgan fingerprint density at radius 2 is 1.66 bits per heavy atom. The number of hydrogen-bond donors (Lipinski definition) is 1. The number of carbonyl (C=O) groups is 1. The van der Waals surface area contributed by atoms with E-state index in [1.54, 1.807) is 12.1 Å². The summed E-state index contributed by atoms with van der Waals surface area (Å²) < 4.78 is 0. The minimum Gasteiger partial charge on any atom is -0.340 e. The molecule has 1 N–H and O–H groups in total. The van der Waals surface area contributed by atoms with Crippen LogP contribution in [0.1, 0.15) is 16.1 Å². The van der Waals surface area contributed by atoms with Crippen molar-refractivity contribution in [3.05, 3.63) is 76.9 Å². The summed E-state index contributed by atoms with van der Waals surface area (Å²) in [4.78, 5) is 26.0. The van der Waals surface area contributed by atoms with Crippen LogP contribution in [-0.4, -0.2) is 47.0 Å². The first kappa shape index (κ1) is 19.2. The number of para-hydroxylation sites is 1. The molecule has 3 aromatic rings. The van der Waals surface area contributed by atoms with Crippen LogP contribution in [0.4, 0.5) is 17.5 Å². The first-order valence-electron chi connectivity index (χ1n) is 9.57. The van der Waals surface area contributed by atoms with Gasteiger partial charge in [-0.15, -0.1) is 0 Å². The van der Waals surface area contributed by atoms with Crippen molar-refractivity contribution in [2.45, 2.75) is 6.92 Å². The van der Waals surface area contributed by atoms with Crippen LogP contribution in [0.15, 0.2) is 60.7 Å². The first-order valence-corrected chi connectivity index (χ1v) is 9.94. The lowest BCUT2D eigenvalue weighted by atomic mass is 10.2. The number of rotatable bonds is 4. The standard InChI is InChI=1S/C22H22ClN5O/c1-16-15-20(25-17-7-3-2-4-8-17)26-22(24-16)28-13-11-27(12-14-28)21(29)18-9-5-6-10-19(18)23/h2-10,15H,11-14H2,1H3,(H,24,25,26). The second kappa shape index (κ2) is 8.49. The predicted molar refractivity (Wildman–Crippen MR) is 116 cm³/mol. The summed E-state index contributed by atoms with van der Waals surface area (Å²) in [5, 5.41) is 3.81. The number of nitrogens with zero attached hydrogens (tertiary/aromatic N) is 4. The van der Waals surface area contributed by atoms with Gasteiger partial charge in [0.25, 0.3) is 5.91 Å². The second-order valence-corrected chi connectivity index (χ2v) is 7.35. The Labute approximate surface area is 175 Å². The van der Waals surface area contributed by atoms with Crippen LogP contribution >= 0.6 is 11.6 Å². The van der Waals surface area contributed by atoms with Crippen molar-refractivity contribution in [3.63, 3.8) is 0 Å². The van der Waals surface area contributed by atoms with E-state index in [-0.39, 0.29) is 5.91 Å². The Morgan fingerprint density at radius 3 is 2.38 bits per heavy atom. The molecular formula is C22H22ClN5O. The Balaban J connectivity index is 1.44. The van der Waals surface area contributed by atoms with Crippen LogP contribution in [0.2, 0.25) is 5.02 Å². The van der Waals surface area contributed by atoms with E-state index < -0.39 is 0 Å². The molecule has 2 aromatic carbocycles. The van der Waals surface area contributed by atoms with Crippen LogP contribution in [0.5, 0.6) is 0 Å². The van der Waals surface area contributed by atoms with Crippen LogP contribution in [0.3, 0.4) is 0 Å². The van der Waals surface area contributed by atoms with E-state index in [9.17, 15) is 4.79 Å². The van der Waals surface area contributed by atoms with Crippen molar-refractivity contribution in [1.82, 2.24) is 14.9 Å². The maximum absolute atomic E-state index is 12.8. The number of hydrogen-bond acceptors (Lipinski definition) is 5. The lowest BCUT2D eigenvalue weighted by Gasteiger charge is -2.35. The molecule has 1 aliphatic rings. The average molecular weight is 408 g/mol. The summed E-state index contributed by atoms with van der Waals surface area (Å²) in [6, 6.07) is 19.0. The Bertz CT molecular complexity index is 1000. The SMILES string of the molecule is Cc1cc(Nc2ccccc2)nc(N2CCN(C(=O)c3ccccc3Cl)CC2)n1. The van der Waals surface area contributed by atoms with Crippen LogP contribution in [0, 0.1) is 6.92 Å². The summed E-state index contributed by atoms with van der Waals surface area (Å²) in [6.45, 7) is 4.50. The Hall–Kier alpha value is -3.12. The van der Waals surface area contributed by atoms with Crippen molar-refractivity contribution < 1.29 is 4.79 Å². The average Bonchev–Trinajstić information content (AvgIpc) is 2.74. The minimum atomic E-state index is -0.0353.